The zero-order valence-corrected chi connectivity index (χ0v) is 10.9. The maximum atomic E-state index is 11.9. The van der Waals surface area contributed by atoms with Gasteiger partial charge in [0.25, 0.3) is 3.79 Å². The predicted octanol–water partition coefficient (Wildman–Crippen LogP) is 3.12. The highest BCUT2D eigenvalue weighted by molar-refractivity contribution is 6.77. The molecule has 4 nitrogen and oxygen atoms in total. The molecule has 0 amide bonds. The molecule has 0 aliphatic heterocycles. The lowest BCUT2D eigenvalue weighted by Gasteiger charge is -2.08. The largest absolute Gasteiger partial charge is 0.479 e. The van der Waals surface area contributed by atoms with E-state index in [-0.39, 0.29) is 0 Å². The molecule has 0 spiro atoms. The highest BCUT2D eigenvalue weighted by atomic mass is 35.6. The fraction of sp³-hybridized carbons (Fsp3) is 0.200. The number of nitrogens with one attached hydrogen (secondary N) is 1. The van der Waals surface area contributed by atoms with Gasteiger partial charge in [0.1, 0.15) is 5.52 Å². The number of methoxy groups -OCH3 is 1. The molecule has 17 heavy (non-hydrogen) atoms. The van der Waals surface area contributed by atoms with Crippen molar-refractivity contribution in [2.75, 3.05) is 7.11 Å². The lowest BCUT2D eigenvalue weighted by atomic mass is 10.1. The van der Waals surface area contributed by atoms with Crippen LogP contribution in [0.1, 0.15) is 10.4 Å². The van der Waals surface area contributed by atoms with Crippen molar-refractivity contribution in [3.63, 3.8) is 0 Å². The van der Waals surface area contributed by atoms with Gasteiger partial charge in [0.05, 0.1) is 7.11 Å². The Hall–Kier alpha value is -0.970. The number of aromatic nitrogens is 2. The number of H-pyrrole nitrogens is 1. The maximum absolute atomic E-state index is 11.9. The molecule has 0 atom stereocenters. The van der Waals surface area contributed by atoms with E-state index in [1.807, 2.05) is 0 Å². The van der Waals surface area contributed by atoms with E-state index in [1.165, 1.54) is 19.5 Å². The van der Waals surface area contributed by atoms with Gasteiger partial charge < -0.3 is 9.72 Å². The number of ketones is 1. The Morgan fingerprint density at radius 2 is 2.18 bits per heavy atom. The summed E-state index contributed by atoms with van der Waals surface area (Å²) in [6.45, 7) is 0. The summed E-state index contributed by atoms with van der Waals surface area (Å²) in [5.41, 5.74) is 0.883. The van der Waals surface area contributed by atoms with Crippen LogP contribution in [0.15, 0.2) is 18.5 Å². The van der Waals surface area contributed by atoms with Crippen LogP contribution in [0.25, 0.3) is 10.9 Å². The van der Waals surface area contributed by atoms with E-state index in [1.54, 1.807) is 6.07 Å². The third-order valence-corrected chi connectivity index (χ3v) is 2.78. The van der Waals surface area contributed by atoms with Gasteiger partial charge >= 0.3 is 0 Å². The molecule has 0 radical (unpaired) electrons. The number of hydrogen-bond acceptors (Lipinski definition) is 3. The standard InChI is InChI=1S/C10H7Cl3N2O2/c1-17-9-7-5(2-3-14-9)6(4-15-7)8(16)10(11,12)13/h2-4,15H,1H3. The van der Waals surface area contributed by atoms with Gasteiger partial charge in [0.15, 0.2) is 0 Å². The summed E-state index contributed by atoms with van der Waals surface area (Å²) >= 11 is 16.7. The number of hydrogen-bond donors (Lipinski definition) is 1. The molecule has 2 aromatic heterocycles. The van der Waals surface area contributed by atoms with Crippen molar-refractivity contribution in [3.05, 3.63) is 24.0 Å². The van der Waals surface area contributed by atoms with Gasteiger partial charge in [0.2, 0.25) is 11.7 Å². The molecule has 0 saturated carbocycles. The number of halogens is 3. The van der Waals surface area contributed by atoms with Crippen LogP contribution in [0.2, 0.25) is 0 Å². The maximum Gasteiger partial charge on any atom is 0.253 e. The van der Waals surface area contributed by atoms with E-state index in [4.69, 9.17) is 39.5 Å². The molecule has 7 heteroatoms. The van der Waals surface area contributed by atoms with Crippen LogP contribution in [0.5, 0.6) is 5.88 Å². The van der Waals surface area contributed by atoms with Crippen LogP contribution < -0.4 is 4.74 Å². The Morgan fingerprint density at radius 3 is 2.76 bits per heavy atom. The van der Waals surface area contributed by atoms with E-state index < -0.39 is 9.58 Å². The van der Waals surface area contributed by atoms with E-state index in [2.05, 4.69) is 9.97 Å². The molecular weight excluding hydrogens is 286 g/mol. The molecule has 90 valence electrons. The summed E-state index contributed by atoms with van der Waals surface area (Å²) in [5, 5.41) is 0.605. The fourth-order valence-electron chi connectivity index (χ4n) is 1.52. The lowest BCUT2D eigenvalue weighted by molar-refractivity contribution is 0.0998. The smallest absolute Gasteiger partial charge is 0.253 e. The minimum atomic E-state index is -1.98. The highest BCUT2D eigenvalue weighted by Crippen LogP contribution is 2.34. The molecule has 0 unspecified atom stereocenters. The number of Topliss-reactive ketones (excluding diaryl/α,β-unsaturated/α-hetero) is 1. The number of carbonyl (C=O) groups excluding carboxylic acids is 1. The summed E-state index contributed by atoms with van der Waals surface area (Å²) in [5.74, 6) is -0.215. The molecule has 0 saturated heterocycles. The molecule has 2 heterocycles. The number of carbonyl (C=O) groups is 1. The van der Waals surface area contributed by atoms with E-state index in [9.17, 15) is 4.79 Å². The van der Waals surface area contributed by atoms with Crippen molar-refractivity contribution in [1.82, 2.24) is 9.97 Å². The first-order chi connectivity index (χ1) is 7.95. The van der Waals surface area contributed by atoms with Crippen molar-refractivity contribution in [3.8, 4) is 5.88 Å². The first-order valence-corrected chi connectivity index (χ1v) is 5.70. The van der Waals surface area contributed by atoms with Crippen LogP contribution in [0.3, 0.4) is 0 Å². The van der Waals surface area contributed by atoms with Gasteiger partial charge in [-0.2, -0.15) is 0 Å². The Labute approximate surface area is 112 Å². The SMILES string of the molecule is COc1nccc2c(C(=O)C(Cl)(Cl)Cl)c[nH]c12. The summed E-state index contributed by atoms with van der Waals surface area (Å²) in [6.07, 6.45) is 2.99. The number of aromatic amines is 1. The molecule has 0 aliphatic carbocycles. The fourth-order valence-corrected chi connectivity index (χ4v) is 1.83. The average molecular weight is 294 g/mol. The Bertz CT molecular complexity index is 574. The predicted molar refractivity (Wildman–Crippen MR) is 67.3 cm³/mol. The molecule has 0 aliphatic rings. The third-order valence-electron chi connectivity index (χ3n) is 2.26. The van der Waals surface area contributed by atoms with Gasteiger partial charge in [-0.25, -0.2) is 4.98 Å². The number of rotatable bonds is 2. The van der Waals surface area contributed by atoms with E-state index >= 15 is 0 Å². The number of alkyl halides is 3. The van der Waals surface area contributed by atoms with Gasteiger partial charge in [-0.05, 0) is 6.07 Å². The summed E-state index contributed by atoms with van der Waals surface area (Å²) in [4.78, 5) is 18.7. The van der Waals surface area contributed by atoms with Gasteiger partial charge in [-0.15, -0.1) is 0 Å². The Balaban J connectivity index is 2.62. The van der Waals surface area contributed by atoms with E-state index in [0.717, 1.165) is 0 Å². The van der Waals surface area contributed by atoms with Gasteiger partial charge in [-0.1, -0.05) is 34.8 Å². The van der Waals surface area contributed by atoms with Gasteiger partial charge in [0, 0.05) is 23.3 Å². The highest BCUT2D eigenvalue weighted by Gasteiger charge is 2.33. The molecule has 2 aromatic rings. The van der Waals surface area contributed by atoms with Crippen LogP contribution in [-0.2, 0) is 0 Å². The normalized spacial score (nSPS) is 11.8. The summed E-state index contributed by atoms with van der Waals surface area (Å²) < 4.78 is 3.07. The molecule has 0 aromatic carbocycles. The Morgan fingerprint density at radius 1 is 1.47 bits per heavy atom. The number of fused-ring (bicyclic) bond motifs is 1. The van der Waals surface area contributed by atoms with Crippen LogP contribution in [0, 0.1) is 0 Å². The van der Waals surface area contributed by atoms with Crippen LogP contribution >= 0.6 is 34.8 Å². The van der Waals surface area contributed by atoms with Crippen molar-refractivity contribution < 1.29 is 9.53 Å². The zero-order valence-electron chi connectivity index (χ0n) is 8.63. The minimum absolute atomic E-state index is 0.292. The monoisotopic (exact) mass is 292 g/mol. The van der Waals surface area contributed by atoms with Gasteiger partial charge in [-0.3, -0.25) is 4.79 Å². The lowest BCUT2D eigenvalue weighted by Crippen LogP contribution is -2.18. The van der Waals surface area contributed by atoms with E-state index in [0.29, 0.717) is 22.3 Å². The molecule has 0 bridgehead atoms. The molecule has 2 rings (SSSR count). The third kappa shape index (κ3) is 2.20. The minimum Gasteiger partial charge on any atom is -0.479 e. The summed E-state index contributed by atoms with van der Waals surface area (Å²) in [7, 11) is 1.49. The first kappa shape index (κ1) is 12.5. The van der Waals surface area contributed by atoms with Crippen molar-refractivity contribution in [1.29, 1.82) is 0 Å². The molecule has 1 N–H and O–H groups in total. The van der Waals surface area contributed by atoms with Crippen LogP contribution in [-0.4, -0.2) is 26.7 Å². The second kappa shape index (κ2) is 4.37. The summed E-state index contributed by atoms with van der Waals surface area (Å²) in [6, 6.07) is 1.65. The molecule has 0 fully saturated rings. The second-order valence-corrected chi connectivity index (χ2v) is 5.55. The topological polar surface area (TPSA) is 55.0 Å². The number of nitrogens with zero attached hydrogens (tertiary/aromatic N) is 1. The number of ether oxygens (including phenoxy) is 1. The molecular formula is C10H7Cl3N2O2. The van der Waals surface area contributed by atoms with Crippen molar-refractivity contribution >= 4 is 51.5 Å². The second-order valence-electron chi connectivity index (χ2n) is 3.27. The Kier molecular flexibility index (Phi) is 3.21. The quantitative estimate of drug-likeness (QED) is 0.683. The first-order valence-electron chi connectivity index (χ1n) is 4.56. The zero-order chi connectivity index (χ0) is 12.6. The van der Waals surface area contributed by atoms with Crippen molar-refractivity contribution in [2.45, 2.75) is 3.79 Å². The number of pyridine rings is 1. The van der Waals surface area contributed by atoms with Crippen LogP contribution in [0.4, 0.5) is 0 Å². The van der Waals surface area contributed by atoms with Crippen molar-refractivity contribution in [2.24, 2.45) is 0 Å². The average Bonchev–Trinajstić information content (AvgIpc) is 2.69.